The van der Waals surface area contributed by atoms with Gasteiger partial charge < -0.3 is 15.3 Å². The summed E-state index contributed by atoms with van der Waals surface area (Å²) < 4.78 is 33.8. The largest absolute Gasteiger partial charge is 0.506 e. The van der Waals surface area contributed by atoms with Gasteiger partial charge >= 0.3 is 0 Å². The highest BCUT2D eigenvalue weighted by atomic mass is 79.9. The van der Waals surface area contributed by atoms with Crippen LogP contribution in [0.5, 0.6) is 11.5 Å². The predicted molar refractivity (Wildman–Crippen MR) is 232 cm³/mol. The molecule has 0 saturated carbocycles. The third kappa shape index (κ3) is 8.34. The van der Waals surface area contributed by atoms with Crippen molar-refractivity contribution >= 4 is 79.6 Å². The van der Waals surface area contributed by atoms with E-state index in [1.54, 1.807) is 44.2 Å². The van der Waals surface area contributed by atoms with E-state index in [0.717, 1.165) is 36.8 Å². The Bertz CT molecular complexity index is 2300. The van der Waals surface area contributed by atoms with Gasteiger partial charge in [-0.25, -0.2) is 4.18 Å². The summed E-state index contributed by atoms with van der Waals surface area (Å²) in [5, 5.41) is 31.3. The van der Waals surface area contributed by atoms with Crippen molar-refractivity contribution in [2.75, 3.05) is 7.05 Å². The number of phenols is 2. The van der Waals surface area contributed by atoms with Crippen molar-refractivity contribution in [1.29, 1.82) is 0 Å². The molecule has 2 heterocycles. The fourth-order valence-electron chi connectivity index (χ4n) is 7.74. The molecular formula is C43H41Br4NO7S. The summed E-state index contributed by atoms with van der Waals surface area (Å²) >= 11 is 13.5. The van der Waals surface area contributed by atoms with Crippen molar-refractivity contribution in [3.8, 4) is 11.5 Å². The van der Waals surface area contributed by atoms with Crippen molar-refractivity contribution in [2.24, 2.45) is 0 Å². The van der Waals surface area contributed by atoms with Crippen LogP contribution >= 0.6 is 63.7 Å². The third-order valence-electron chi connectivity index (χ3n) is 10.8. The molecular weight excluding hydrogens is 994 g/mol. The number of nitrogens with zero attached hydrogens (tertiary/aromatic N) is 1. The summed E-state index contributed by atoms with van der Waals surface area (Å²) in [7, 11) is -2.00. The first-order valence-electron chi connectivity index (χ1n) is 18.0. The number of carbonyl (C=O) groups is 1. The van der Waals surface area contributed by atoms with Crippen molar-refractivity contribution in [3.05, 3.63) is 154 Å². The van der Waals surface area contributed by atoms with Gasteiger partial charge in [0.2, 0.25) is 0 Å². The van der Waals surface area contributed by atoms with Crippen molar-refractivity contribution < 1.29 is 32.7 Å². The first-order chi connectivity index (χ1) is 26.6. The molecule has 0 amide bonds. The molecule has 0 radical (unpaired) electrons. The second-order valence-electron chi connectivity index (χ2n) is 14.2. The van der Waals surface area contributed by atoms with Crippen LogP contribution in [0.1, 0.15) is 81.9 Å². The van der Waals surface area contributed by atoms with Gasteiger partial charge in [-0.2, -0.15) is 8.42 Å². The zero-order valence-corrected chi connectivity index (χ0v) is 38.0. The van der Waals surface area contributed by atoms with Crippen LogP contribution in [-0.4, -0.2) is 53.6 Å². The molecule has 7 rings (SSSR count). The van der Waals surface area contributed by atoms with Crippen LogP contribution in [0, 0.1) is 13.8 Å². The van der Waals surface area contributed by atoms with E-state index in [-0.39, 0.29) is 28.2 Å². The molecule has 8 nitrogen and oxygen atoms in total. The van der Waals surface area contributed by atoms with E-state index in [1.807, 2.05) is 60.7 Å². The zero-order valence-electron chi connectivity index (χ0n) is 30.8. The van der Waals surface area contributed by atoms with E-state index in [0.29, 0.717) is 58.2 Å². The molecule has 0 aliphatic carbocycles. The Morgan fingerprint density at radius 3 is 1.86 bits per heavy atom. The molecule has 0 aromatic heterocycles. The second-order valence-corrected chi connectivity index (χ2v) is 19.0. The molecule has 13 heteroatoms. The summed E-state index contributed by atoms with van der Waals surface area (Å²) in [6.07, 6.45) is 4.07. The van der Waals surface area contributed by atoms with E-state index in [1.165, 1.54) is 6.07 Å². The summed E-state index contributed by atoms with van der Waals surface area (Å²) in [6, 6.07) is 29.9. The van der Waals surface area contributed by atoms with Gasteiger partial charge in [0.25, 0.3) is 10.1 Å². The second kappa shape index (κ2) is 17.5. The van der Waals surface area contributed by atoms with Crippen LogP contribution in [0.4, 0.5) is 0 Å². The van der Waals surface area contributed by atoms with Gasteiger partial charge in [-0.3, -0.25) is 9.69 Å². The van der Waals surface area contributed by atoms with Crippen LogP contribution < -0.4 is 0 Å². The van der Waals surface area contributed by atoms with E-state index in [2.05, 4.69) is 75.7 Å². The van der Waals surface area contributed by atoms with Crippen molar-refractivity contribution in [1.82, 2.24) is 4.90 Å². The van der Waals surface area contributed by atoms with E-state index >= 15 is 0 Å². The lowest BCUT2D eigenvalue weighted by Gasteiger charge is -2.40. The number of piperidine rings is 1. The number of Topliss-reactive ketones (excluding diaryl/α,β-unsaturated/α-hetero) is 1. The number of benzene rings is 5. The Kier molecular flexibility index (Phi) is 13.4. The SMILES string of the molecule is CN1[C@@H](CC(=O)c2ccccc2)CCC[C@@H]1C[C@H](O)c1ccccc1.Cc1c(C2(c3cc(Br)c(O)c(Br)c3C)OS(=O)(=O)c3ccccc32)cc(Br)c(O)c1Br. The zero-order chi connectivity index (χ0) is 40.5. The maximum absolute atomic E-state index is 13.1. The van der Waals surface area contributed by atoms with E-state index < -0.39 is 21.8 Å². The van der Waals surface area contributed by atoms with Gasteiger partial charge in [0.15, 0.2) is 11.4 Å². The van der Waals surface area contributed by atoms with Gasteiger partial charge in [0.1, 0.15) is 16.4 Å². The van der Waals surface area contributed by atoms with Gasteiger partial charge in [-0.05, 0) is 150 Å². The number of likely N-dealkylation sites (tertiary alicyclic amines) is 1. The lowest BCUT2D eigenvalue weighted by Crippen LogP contribution is -2.45. The minimum absolute atomic E-state index is 0.00433. The molecule has 1 saturated heterocycles. The Morgan fingerprint density at radius 2 is 1.29 bits per heavy atom. The Balaban J connectivity index is 0.000000194. The van der Waals surface area contributed by atoms with Crippen molar-refractivity contribution in [2.45, 2.75) is 74.6 Å². The standard InChI is InChI=1S/C22H27NO2.C21H14Br4O5S/c1-23-19(15-21(24)17-9-4-2-5-10-17)13-8-14-20(23)16-22(25)18-11-6-3-7-12-18;1-9-12(7-14(22)19(26)17(9)24)21(13-8-15(23)20(27)18(25)10(13)2)11-5-3-4-6-16(11)31(28,29)30-21/h2-7,9-12,19-21,24H,8,13-16H2,1H3;3-8,26-27H,1-2H3/t19-,20-,21+;/m1./s1. The average molecular weight is 1040 g/mol. The Morgan fingerprint density at radius 1 is 0.786 bits per heavy atom. The van der Waals surface area contributed by atoms with Gasteiger partial charge in [0, 0.05) is 29.6 Å². The van der Waals surface area contributed by atoms with Crippen LogP contribution in [0.15, 0.2) is 120 Å². The Hall–Kier alpha value is -2.88. The lowest BCUT2D eigenvalue weighted by molar-refractivity contribution is 0.0549. The number of hydrogen-bond donors (Lipinski definition) is 3. The fraction of sp³-hybridized carbons (Fsp3) is 0.279. The molecule has 0 unspecified atom stereocenters. The molecule has 3 N–H and O–H groups in total. The Labute approximate surface area is 361 Å². The molecule has 5 aromatic rings. The number of ketones is 1. The fourth-order valence-corrected chi connectivity index (χ4v) is 11.4. The van der Waals surface area contributed by atoms with E-state index in [9.17, 15) is 28.5 Å². The smallest absolute Gasteiger partial charge is 0.298 e. The number of halogens is 4. The molecule has 294 valence electrons. The average Bonchev–Trinajstić information content (AvgIpc) is 3.45. The van der Waals surface area contributed by atoms with Gasteiger partial charge in [-0.1, -0.05) is 85.3 Å². The highest BCUT2D eigenvalue weighted by molar-refractivity contribution is 9.11. The normalized spacial score (nSPS) is 19.1. The summed E-state index contributed by atoms with van der Waals surface area (Å²) in [4.78, 5) is 14.9. The van der Waals surface area contributed by atoms with Gasteiger partial charge in [0.05, 0.1) is 24.0 Å². The number of aliphatic hydroxyl groups excluding tert-OH is 1. The summed E-state index contributed by atoms with van der Waals surface area (Å²) in [6.45, 7) is 3.54. The quantitative estimate of drug-likeness (QED) is 0.104. The molecule has 0 spiro atoms. The maximum Gasteiger partial charge on any atom is 0.298 e. The number of aromatic hydroxyl groups is 2. The van der Waals surface area contributed by atoms with Crippen molar-refractivity contribution in [3.63, 3.8) is 0 Å². The monoisotopic (exact) mass is 1030 g/mol. The molecule has 56 heavy (non-hydrogen) atoms. The van der Waals surface area contributed by atoms with Crippen LogP contribution in [0.2, 0.25) is 0 Å². The highest BCUT2D eigenvalue weighted by Gasteiger charge is 2.53. The number of rotatable bonds is 8. The number of hydrogen-bond acceptors (Lipinski definition) is 8. The van der Waals surface area contributed by atoms with Crippen LogP contribution in [0.3, 0.4) is 0 Å². The minimum atomic E-state index is -4.10. The maximum atomic E-state index is 13.1. The molecule has 2 aliphatic heterocycles. The number of aliphatic hydroxyl groups is 1. The highest BCUT2D eigenvalue weighted by Crippen LogP contribution is 2.56. The molecule has 2 aliphatic rings. The first kappa shape index (κ1) is 42.7. The number of fused-ring (bicyclic) bond motifs is 1. The molecule has 1 fully saturated rings. The molecule has 3 atom stereocenters. The van der Waals surface area contributed by atoms with E-state index in [4.69, 9.17) is 4.18 Å². The lowest BCUT2D eigenvalue weighted by atomic mass is 9.77. The predicted octanol–water partition coefficient (Wildman–Crippen LogP) is 11.0. The third-order valence-corrected chi connectivity index (χ3v) is 15.3. The number of phenolic OH excluding ortho intramolecular Hbond substituents is 2. The molecule has 0 bridgehead atoms. The van der Waals surface area contributed by atoms with Crippen LogP contribution in [-0.2, 0) is 19.9 Å². The van der Waals surface area contributed by atoms with Gasteiger partial charge in [-0.15, -0.1) is 0 Å². The summed E-state index contributed by atoms with van der Waals surface area (Å²) in [5.41, 5.74) is 2.90. The van der Waals surface area contributed by atoms with Crippen LogP contribution in [0.25, 0.3) is 0 Å². The number of carbonyl (C=O) groups excluding carboxylic acids is 1. The topological polar surface area (TPSA) is 124 Å². The molecule has 5 aromatic carbocycles. The summed E-state index contributed by atoms with van der Waals surface area (Å²) in [5.74, 6) is 0.201. The minimum Gasteiger partial charge on any atom is -0.506 e. The first-order valence-corrected chi connectivity index (χ1v) is 22.6.